The third-order valence-electron chi connectivity index (χ3n) is 2.38. The summed E-state index contributed by atoms with van der Waals surface area (Å²) < 4.78 is 27.4. The number of carboxylic acid groups (broad SMARTS) is 1. The summed E-state index contributed by atoms with van der Waals surface area (Å²) in [5, 5.41) is 9.32. The highest BCUT2D eigenvalue weighted by atomic mass is 79.9. The van der Waals surface area contributed by atoms with Crippen molar-refractivity contribution in [3.8, 4) is 0 Å². The van der Waals surface area contributed by atoms with Crippen molar-refractivity contribution in [2.24, 2.45) is 0 Å². The maximum atomic E-state index is 12.2. The maximum absolute atomic E-state index is 12.2. The van der Waals surface area contributed by atoms with Crippen LogP contribution in [0.15, 0.2) is 27.6 Å². The van der Waals surface area contributed by atoms with Gasteiger partial charge in [-0.05, 0) is 37.6 Å². The van der Waals surface area contributed by atoms with Crippen LogP contribution in [0.3, 0.4) is 0 Å². The topological polar surface area (TPSA) is 83.5 Å². The molecule has 0 aliphatic carbocycles. The summed E-state index contributed by atoms with van der Waals surface area (Å²) in [6.45, 7) is 2.58. The summed E-state index contributed by atoms with van der Waals surface area (Å²) in [7, 11) is -3.90. The minimum absolute atomic E-state index is 0.0573. The van der Waals surface area contributed by atoms with Crippen molar-refractivity contribution in [3.05, 3.63) is 28.2 Å². The molecule has 0 fully saturated rings. The first-order chi connectivity index (χ1) is 8.60. The molecule has 0 saturated heterocycles. The monoisotopic (exact) mass is 413 g/mol. The molecule has 1 rings (SSSR count). The van der Waals surface area contributed by atoms with E-state index in [1.165, 1.54) is 19.9 Å². The first-order valence-electron chi connectivity index (χ1n) is 5.22. The van der Waals surface area contributed by atoms with Crippen LogP contribution in [0.1, 0.15) is 19.4 Å². The lowest BCUT2D eigenvalue weighted by Gasteiger charge is -2.21. The Bertz CT molecular complexity index is 599. The second-order valence-corrected chi connectivity index (χ2v) is 7.55. The van der Waals surface area contributed by atoms with E-state index in [1.54, 1.807) is 12.1 Å². The van der Waals surface area contributed by atoms with Crippen LogP contribution in [0.5, 0.6) is 0 Å². The van der Waals surface area contributed by atoms with Gasteiger partial charge in [-0.2, -0.15) is 4.72 Å². The average molecular weight is 415 g/mol. The van der Waals surface area contributed by atoms with Crippen LogP contribution in [0.2, 0.25) is 0 Å². The fourth-order valence-corrected chi connectivity index (χ4v) is 4.00. The highest BCUT2D eigenvalue weighted by Gasteiger charge is 2.33. The molecular weight excluding hydrogens is 402 g/mol. The van der Waals surface area contributed by atoms with Gasteiger partial charge in [-0.3, -0.25) is 4.79 Å². The summed E-state index contributed by atoms with van der Waals surface area (Å²) in [4.78, 5) is 11.1. The Balaban J connectivity index is 3.25. The molecule has 0 atom stereocenters. The van der Waals surface area contributed by atoms with Crippen LogP contribution in [0, 0.1) is 0 Å². The molecule has 0 heterocycles. The summed E-state index contributed by atoms with van der Waals surface area (Å²) in [6, 6.07) is 4.69. The molecule has 1 aromatic rings. The van der Waals surface area contributed by atoms with E-state index in [-0.39, 0.29) is 4.90 Å². The zero-order valence-corrected chi connectivity index (χ0v) is 14.3. The molecule has 0 aliphatic heterocycles. The van der Waals surface area contributed by atoms with Gasteiger partial charge in [-0.1, -0.05) is 31.9 Å². The van der Waals surface area contributed by atoms with E-state index in [4.69, 9.17) is 5.11 Å². The van der Waals surface area contributed by atoms with Gasteiger partial charge in [0, 0.05) is 9.80 Å². The molecule has 8 heteroatoms. The number of hydrogen-bond acceptors (Lipinski definition) is 3. The van der Waals surface area contributed by atoms with Crippen LogP contribution >= 0.6 is 31.9 Å². The summed E-state index contributed by atoms with van der Waals surface area (Å²) in [5.74, 6) is -1.24. The number of nitrogens with one attached hydrogen (secondary N) is 1. The van der Waals surface area contributed by atoms with Crippen molar-refractivity contribution in [2.45, 2.75) is 29.6 Å². The molecule has 5 nitrogen and oxygen atoms in total. The Morgan fingerprint density at radius 3 is 2.47 bits per heavy atom. The molecular formula is C11H13Br2NO4S. The summed E-state index contributed by atoms with van der Waals surface area (Å²) in [5.41, 5.74) is -1.03. The first-order valence-corrected chi connectivity index (χ1v) is 8.61. The van der Waals surface area contributed by atoms with Crippen LogP contribution in [0.4, 0.5) is 0 Å². The van der Waals surface area contributed by atoms with Crippen molar-refractivity contribution < 1.29 is 18.3 Å². The number of hydrogen-bond donors (Lipinski definition) is 2. The minimum atomic E-state index is -3.90. The highest BCUT2D eigenvalue weighted by Crippen LogP contribution is 2.24. The Morgan fingerprint density at radius 2 is 2.00 bits per heavy atom. The average Bonchev–Trinajstić information content (AvgIpc) is 2.26. The lowest BCUT2D eigenvalue weighted by molar-refractivity contribution is -0.142. The van der Waals surface area contributed by atoms with Crippen molar-refractivity contribution in [3.63, 3.8) is 0 Å². The molecule has 0 amide bonds. The second-order valence-electron chi connectivity index (χ2n) is 4.42. The smallest absolute Gasteiger partial charge is 0.324 e. The lowest BCUT2D eigenvalue weighted by atomic mass is 10.1. The molecule has 0 radical (unpaired) electrons. The van der Waals surface area contributed by atoms with Crippen LogP contribution < -0.4 is 4.72 Å². The van der Waals surface area contributed by atoms with Gasteiger partial charge in [-0.15, -0.1) is 0 Å². The van der Waals surface area contributed by atoms with E-state index in [0.717, 1.165) is 4.47 Å². The molecule has 0 spiro atoms. The summed E-state index contributed by atoms with van der Waals surface area (Å²) in [6.07, 6.45) is 0. The SMILES string of the molecule is CC(C)(NS(=O)(=O)c1ccc(Br)cc1CBr)C(=O)O. The van der Waals surface area contributed by atoms with Gasteiger partial charge < -0.3 is 5.11 Å². The van der Waals surface area contributed by atoms with Gasteiger partial charge in [0.25, 0.3) is 0 Å². The number of halogens is 2. The minimum Gasteiger partial charge on any atom is -0.480 e. The molecule has 0 aromatic heterocycles. The van der Waals surface area contributed by atoms with Gasteiger partial charge >= 0.3 is 5.97 Å². The van der Waals surface area contributed by atoms with Gasteiger partial charge in [0.1, 0.15) is 5.54 Å². The van der Waals surface area contributed by atoms with E-state index < -0.39 is 21.5 Å². The first kappa shape index (κ1) is 16.6. The zero-order valence-electron chi connectivity index (χ0n) is 10.3. The largest absolute Gasteiger partial charge is 0.480 e. The van der Waals surface area contributed by atoms with Gasteiger partial charge in [0.05, 0.1) is 4.90 Å². The van der Waals surface area contributed by atoms with Crippen LogP contribution in [0.25, 0.3) is 0 Å². The van der Waals surface area contributed by atoms with Gasteiger partial charge in [-0.25, -0.2) is 8.42 Å². The van der Waals surface area contributed by atoms with E-state index in [1.807, 2.05) is 0 Å². The fourth-order valence-electron chi connectivity index (χ4n) is 1.35. The van der Waals surface area contributed by atoms with E-state index in [2.05, 4.69) is 36.6 Å². The quantitative estimate of drug-likeness (QED) is 0.725. The molecule has 0 bridgehead atoms. The van der Waals surface area contributed by atoms with Crippen molar-refractivity contribution >= 4 is 47.9 Å². The number of rotatable bonds is 5. The normalized spacial score (nSPS) is 12.4. The molecule has 1 aromatic carbocycles. The Hall–Kier alpha value is -0.440. The molecule has 106 valence electrons. The Kier molecular flexibility index (Phi) is 5.16. The summed E-state index contributed by atoms with van der Waals surface area (Å²) >= 11 is 6.47. The second kappa shape index (κ2) is 5.90. The van der Waals surface area contributed by atoms with E-state index in [9.17, 15) is 13.2 Å². The van der Waals surface area contributed by atoms with E-state index >= 15 is 0 Å². The third kappa shape index (κ3) is 4.01. The third-order valence-corrected chi connectivity index (χ3v) is 5.23. The molecule has 0 aliphatic rings. The van der Waals surface area contributed by atoms with Crippen molar-refractivity contribution in [1.29, 1.82) is 0 Å². The molecule has 0 unspecified atom stereocenters. The zero-order chi connectivity index (χ0) is 14.8. The van der Waals surface area contributed by atoms with Gasteiger partial charge in [0.15, 0.2) is 0 Å². The standard InChI is InChI=1S/C11H13Br2NO4S/c1-11(2,10(15)16)14-19(17,18)9-4-3-8(13)5-7(9)6-12/h3-5,14H,6H2,1-2H3,(H,15,16). The van der Waals surface area contributed by atoms with Gasteiger partial charge in [0.2, 0.25) is 10.0 Å². The lowest BCUT2D eigenvalue weighted by Crippen LogP contribution is -2.49. The highest BCUT2D eigenvalue weighted by molar-refractivity contribution is 9.10. The number of benzene rings is 1. The van der Waals surface area contributed by atoms with E-state index in [0.29, 0.717) is 10.9 Å². The number of alkyl halides is 1. The number of carboxylic acids is 1. The Morgan fingerprint density at radius 1 is 1.42 bits per heavy atom. The van der Waals surface area contributed by atoms with Crippen LogP contribution in [-0.2, 0) is 20.1 Å². The molecule has 0 saturated carbocycles. The molecule has 2 N–H and O–H groups in total. The predicted molar refractivity (Wildman–Crippen MR) is 78.8 cm³/mol. The number of aliphatic carboxylic acids is 1. The van der Waals surface area contributed by atoms with Crippen molar-refractivity contribution in [1.82, 2.24) is 4.72 Å². The molecule has 19 heavy (non-hydrogen) atoms. The Labute approximate surface area is 128 Å². The van der Waals surface area contributed by atoms with Crippen LogP contribution in [-0.4, -0.2) is 25.0 Å². The fraction of sp³-hybridized carbons (Fsp3) is 0.364. The number of carbonyl (C=O) groups is 1. The predicted octanol–water partition coefficient (Wildman–Crippen LogP) is 2.49. The maximum Gasteiger partial charge on any atom is 0.324 e. The number of sulfonamides is 1. The van der Waals surface area contributed by atoms with Crippen molar-refractivity contribution in [2.75, 3.05) is 0 Å².